The Morgan fingerprint density at radius 2 is 1.25 bits per heavy atom. The fourth-order valence-corrected chi connectivity index (χ4v) is 7.16. The van der Waals surface area contributed by atoms with E-state index in [2.05, 4.69) is 46.7 Å². The van der Waals surface area contributed by atoms with Gasteiger partial charge < -0.3 is 29.0 Å². The van der Waals surface area contributed by atoms with Crippen molar-refractivity contribution in [1.29, 1.82) is 0 Å². The van der Waals surface area contributed by atoms with E-state index in [1.165, 1.54) is 12.0 Å². The van der Waals surface area contributed by atoms with Crippen molar-refractivity contribution in [3.63, 3.8) is 0 Å². The second kappa shape index (κ2) is 19.8. The van der Waals surface area contributed by atoms with Crippen LogP contribution in [0.5, 0.6) is 5.75 Å². The molecule has 2 aromatic heterocycles. The Balaban J connectivity index is 1.20. The van der Waals surface area contributed by atoms with Gasteiger partial charge in [-0.2, -0.15) is 0 Å². The summed E-state index contributed by atoms with van der Waals surface area (Å²) in [5.74, 6) is -0.529. The van der Waals surface area contributed by atoms with Gasteiger partial charge in [0.05, 0.1) is 24.8 Å². The van der Waals surface area contributed by atoms with E-state index in [0.717, 1.165) is 33.5 Å². The molecule has 2 amide bonds. The molecule has 0 radical (unpaired) electrons. The predicted molar refractivity (Wildman–Crippen MR) is 227 cm³/mol. The fraction of sp³-hybridized carbons (Fsp3) is 0.163. The standard InChI is InChI=1S/C49H45N5O6/c1-58-46(55)33-53(31-37-25-27-44(28-26-37)59-35-42-24-14-15-29-50-42)47(56)45(52-48(57)60-34-38-16-6-2-7-17-38)30-43-32-54(36-51-43)49(39-18-8-3-9-19-39,40-20-10-4-11-21-40)41-22-12-5-13-23-41/h2-29,32,36,45H,30-31,33-35H2,1H3,(H,52,57)/t45-/m0/s1. The zero-order valence-electron chi connectivity index (χ0n) is 33.2. The quantitative estimate of drug-likeness (QED) is 0.0734. The lowest BCUT2D eigenvalue weighted by atomic mass is 9.77. The van der Waals surface area contributed by atoms with E-state index in [-0.39, 0.29) is 26.1 Å². The van der Waals surface area contributed by atoms with E-state index >= 15 is 0 Å². The van der Waals surface area contributed by atoms with Gasteiger partial charge in [0, 0.05) is 25.4 Å². The van der Waals surface area contributed by atoms with Crippen LogP contribution in [0.4, 0.5) is 4.79 Å². The molecule has 0 aliphatic heterocycles. The van der Waals surface area contributed by atoms with Gasteiger partial charge in [-0.3, -0.25) is 14.6 Å². The van der Waals surface area contributed by atoms with Gasteiger partial charge in [0.15, 0.2) is 0 Å². The summed E-state index contributed by atoms with van der Waals surface area (Å²) in [6, 6.07) is 51.4. The molecule has 11 nitrogen and oxygen atoms in total. The van der Waals surface area contributed by atoms with Crippen molar-refractivity contribution < 1.29 is 28.6 Å². The highest BCUT2D eigenvalue weighted by Gasteiger charge is 2.39. The Kier molecular flexibility index (Phi) is 13.4. The number of hydrogen-bond donors (Lipinski definition) is 1. The van der Waals surface area contributed by atoms with Gasteiger partial charge in [0.1, 0.15) is 37.1 Å². The number of esters is 1. The Hall–Kier alpha value is -7.53. The molecule has 2 heterocycles. The Morgan fingerprint density at radius 3 is 1.82 bits per heavy atom. The van der Waals surface area contributed by atoms with Crippen LogP contribution in [-0.2, 0) is 50.8 Å². The maximum Gasteiger partial charge on any atom is 0.408 e. The number of rotatable bonds is 17. The number of hydrogen-bond acceptors (Lipinski definition) is 8. The summed E-state index contributed by atoms with van der Waals surface area (Å²) in [6.45, 7) is -0.0340. The first-order chi connectivity index (χ1) is 29.4. The molecule has 0 bridgehead atoms. The SMILES string of the molecule is COC(=O)CN(Cc1ccc(OCc2ccccn2)cc1)C(=O)[C@H](Cc1cn(C(c2ccccc2)(c2ccccc2)c2ccccc2)cn1)NC(=O)OCc1ccccc1. The molecule has 0 saturated heterocycles. The average Bonchev–Trinajstić information content (AvgIpc) is 3.78. The number of methoxy groups -OCH3 is 1. The zero-order valence-corrected chi connectivity index (χ0v) is 33.2. The number of amides is 2. The smallest absolute Gasteiger partial charge is 0.408 e. The van der Waals surface area contributed by atoms with E-state index in [0.29, 0.717) is 18.1 Å². The highest BCUT2D eigenvalue weighted by molar-refractivity contribution is 5.88. The van der Waals surface area contributed by atoms with Gasteiger partial charge >= 0.3 is 12.1 Å². The molecule has 5 aromatic carbocycles. The summed E-state index contributed by atoms with van der Waals surface area (Å²) >= 11 is 0. The molecule has 60 heavy (non-hydrogen) atoms. The third kappa shape index (κ3) is 9.94. The van der Waals surface area contributed by atoms with Gasteiger partial charge in [0.25, 0.3) is 0 Å². The Bertz CT molecular complexity index is 2330. The number of nitrogens with one attached hydrogen (secondary N) is 1. The van der Waals surface area contributed by atoms with Crippen LogP contribution >= 0.6 is 0 Å². The van der Waals surface area contributed by atoms with Crippen molar-refractivity contribution >= 4 is 18.0 Å². The lowest BCUT2D eigenvalue weighted by Crippen LogP contribution is -2.51. The summed E-state index contributed by atoms with van der Waals surface area (Å²) in [7, 11) is 1.26. The minimum absolute atomic E-state index is 0.00339. The Morgan fingerprint density at radius 1 is 0.667 bits per heavy atom. The molecule has 302 valence electrons. The van der Waals surface area contributed by atoms with E-state index in [9.17, 15) is 14.4 Å². The largest absolute Gasteiger partial charge is 0.487 e. The third-order valence-corrected chi connectivity index (χ3v) is 10.1. The maximum absolute atomic E-state index is 14.7. The van der Waals surface area contributed by atoms with Gasteiger partial charge in [-0.25, -0.2) is 9.78 Å². The maximum atomic E-state index is 14.7. The van der Waals surface area contributed by atoms with Gasteiger partial charge in [0.2, 0.25) is 5.91 Å². The minimum Gasteiger partial charge on any atom is -0.487 e. The van der Waals surface area contributed by atoms with Crippen molar-refractivity contribution in [2.75, 3.05) is 13.7 Å². The number of imidazole rings is 1. The van der Waals surface area contributed by atoms with E-state index in [4.69, 9.17) is 19.2 Å². The lowest BCUT2D eigenvalue weighted by Gasteiger charge is -2.37. The molecular formula is C49H45N5O6. The van der Waals surface area contributed by atoms with Gasteiger partial charge in [-0.05, 0) is 52.1 Å². The van der Waals surface area contributed by atoms with Gasteiger partial charge in [-0.15, -0.1) is 0 Å². The summed E-state index contributed by atoms with van der Waals surface area (Å²) < 4.78 is 18.6. The van der Waals surface area contributed by atoms with Crippen molar-refractivity contribution in [3.8, 4) is 5.75 Å². The van der Waals surface area contributed by atoms with Crippen LogP contribution in [0, 0.1) is 0 Å². The van der Waals surface area contributed by atoms with Crippen LogP contribution in [0.3, 0.4) is 0 Å². The van der Waals surface area contributed by atoms with E-state index in [1.807, 2.05) is 126 Å². The molecule has 0 aliphatic carbocycles. The topological polar surface area (TPSA) is 125 Å². The second-order valence-electron chi connectivity index (χ2n) is 14.1. The summed E-state index contributed by atoms with van der Waals surface area (Å²) in [5, 5.41) is 2.80. The Labute approximate surface area is 349 Å². The fourth-order valence-electron chi connectivity index (χ4n) is 7.16. The summed E-state index contributed by atoms with van der Waals surface area (Å²) in [6.07, 6.45) is 4.55. The molecule has 0 fully saturated rings. The molecule has 7 aromatic rings. The number of pyridine rings is 1. The lowest BCUT2D eigenvalue weighted by molar-refractivity contribution is -0.148. The van der Waals surface area contributed by atoms with Crippen LogP contribution in [0.1, 0.15) is 39.2 Å². The van der Waals surface area contributed by atoms with Crippen LogP contribution in [0.25, 0.3) is 0 Å². The molecule has 1 atom stereocenters. The first-order valence-electron chi connectivity index (χ1n) is 19.6. The minimum atomic E-state index is -1.18. The third-order valence-electron chi connectivity index (χ3n) is 10.1. The summed E-state index contributed by atoms with van der Waals surface area (Å²) in [5.41, 5.74) is 4.97. The van der Waals surface area contributed by atoms with E-state index in [1.54, 1.807) is 24.7 Å². The van der Waals surface area contributed by atoms with Crippen LogP contribution in [0.2, 0.25) is 0 Å². The molecule has 0 unspecified atom stereocenters. The summed E-state index contributed by atoms with van der Waals surface area (Å²) in [4.78, 5) is 51.4. The highest BCUT2D eigenvalue weighted by atomic mass is 16.5. The molecule has 0 aliphatic rings. The number of alkyl carbamates (subject to hydrolysis) is 1. The van der Waals surface area contributed by atoms with Gasteiger partial charge in [-0.1, -0.05) is 140 Å². The molecule has 11 heteroatoms. The molecule has 7 rings (SSSR count). The zero-order chi connectivity index (χ0) is 41.6. The molecule has 0 spiro atoms. The van der Waals surface area contributed by atoms with Crippen molar-refractivity contribution in [3.05, 3.63) is 222 Å². The van der Waals surface area contributed by atoms with Crippen LogP contribution < -0.4 is 10.1 Å². The monoisotopic (exact) mass is 799 g/mol. The number of nitrogens with zero attached hydrogens (tertiary/aromatic N) is 4. The number of carbonyl (C=O) groups is 3. The van der Waals surface area contributed by atoms with Crippen molar-refractivity contribution in [2.24, 2.45) is 0 Å². The van der Waals surface area contributed by atoms with Crippen molar-refractivity contribution in [1.82, 2.24) is 24.8 Å². The van der Waals surface area contributed by atoms with E-state index < -0.39 is 29.6 Å². The van der Waals surface area contributed by atoms with Crippen molar-refractivity contribution in [2.45, 2.75) is 37.8 Å². The average molecular weight is 800 g/mol. The highest BCUT2D eigenvalue weighted by Crippen LogP contribution is 2.40. The molecule has 0 saturated carbocycles. The molecular weight excluding hydrogens is 755 g/mol. The number of carbonyl (C=O) groups excluding carboxylic acids is 3. The first kappa shape index (κ1) is 40.7. The number of aromatic nitrogens is 3. The first-order valence-corrected chi connectivity index (χ1v) is 19.6. The molecule has 1 N–H and O–H groups in total. The second-order valence-corrected chi connectivity index (χ2v) is 14.1. The number of benzene rings is 5. The normalized spacial score (nSPS) is 11.6. The van der Waals surface area contributed by atoms with Crippen LogP contribution in [-0.4, -0.2) is 57.1 Å². The number of ether oxygens (including phenoxy) is 3. The predicted octanol–water partition coefficient (Wildman–Crippen LogP) is 7.74. The van der Waals surface area contributed by atoms with Crippen LogP contribution in [0.15, 0.2) is 183 Å².